The van der Waals surface area contributed by atoms with Crippen LogP contribution >= 0.6 is 15.9 Å². The van der Waals surface area contributed by atoms with Gasteiger partial charge >= 0.3 is 0 Å². The van der Waals surface area contributed by atoms with Crippen LogP contribution in [0.4, 0.5) is 5.69 Å². The molecule has 0 saturated carbocycles. The fourth-order valence-electron chi connectivity index (χ4n) is 2.61. The van der Waals surface area contributed by atoms with E-state index in [0.29, 0.717) is 17.6 Å². The quantitative estimate of drug-likeness (QED) is 0.835. The Balaban J connectivity index is 1.62. The summed E-state index contributed by atoms with van der Waals surface area (Å²) in [6, 6.07) is 11.7. The van der Waals surface area contributed by atoms with Gasteiger partial charge in [-0.05, 0) is 27.6 Å². The Morgan fingerprint density at radius 1 is 1.38 bits per heavy atom. The molecule has 1 amide bonds. The van der Waals surface area contributed by atoms with E-state index >= 15 is 0 Å². The van der Waals surface area contributed by atoms with Gasteiger partial charge in [0.1, 0.15) is 11.8 Å². The number of rotatable bonds is 4. The van der Waals surface area contributed by atoms with Crippen molar-refractivity contribution in [3.63, 3.8) is 0 Å². The molecular formula is C17H18BrN3O3. The summed E-state index contributed by atoms with van der Waals surface area (Å²) in [5, 5.41) is 2.64. The number of amides is 1. The molecule has 1 atom stereocenters. The lowest BCUT2D eigenvalue weighted by atomic mass is 10.2. The summed E-state index contributed by atoms with van der Waals surface area (Å²) in [6.45, 7) is 2.52. The van der Waals surface area contributed by atoms with Gasteiger partial charge in [-0.15, -0.1) is 0 Å². The van der Waals surface area contributed by atoms with Gasteiger partial charge in [-0.3, -0.25) is 14.5 Å². The van der Waals surface area contributed by atoms with Crippen molar-refractivity contribution in [2.24, 2.45) is 0 Å². The number of nitrogens with one attached hydrogen (secondary N) is 2. The molecule has 3 rings (SSSR count). The van der Waals surface area contributed by atoms with Crippen molar-refractivity contribution in [2.75, 3.05) is 25.0 Å². The number of hydrogen-bond donors (Lipinski definition) is 2. The van der Waals surface area contributed by atoms with Gasteiger partial charge in [0.05, 0.1) is 6.61 Å². The Bertz CT molecular complexity index is 763. The molecule has 24 heavy (non-hydrogen) atoms. The predicted octanol–water partition coefficient (Wildman–Crippen LogP) is 1.98. The molecule has 6 nitrogen and oxygen atoms in total. The zero-order valence-electron chi connectivity index (χ0n) is 13.0. The average molecular weight is 392 g/mol. The fourth-order valence-corrected chi connectivity index (χ4v) is 2.95. The van der Waals surface area contributed by atoms with Gasteiger partial charge in [-0.2, -0.15) is 0 Å². The van der Waals surface area contributed by atoms with E-state index in [0.717, 1.165) is 13.1 Å². The van der Waals surface area contributed by atoms with Gasteiger partial charge in [0.2, 0.25) is 0 Å². The van der Waals surface area contributed by atoms with E-state index in [4.69, 9.17) is 4.74 Å². The lowest BCUT2D eigenvalue weighted by Gasteiger charge is -2.32. The summed E-state index contributed by atoms with van der Waals surface area (Å²) in [5.41, 5.74) is 1.06. The molecule has 0 aliphatic carbocycles. The molecular weight excluding hydrogens is 374 g/mol. The second kappa shape index (κ2) is 7.74. The second-order valence-corrected chi connectivity index (χ2v) is 6.55. The van der Waals surface area contributed by atoms with Crippen LogP contribution in [0.1, 0.15) is 5.56 Å². The van der Waals surface area contributed by atoms with Crippen LogP contribution in [0.25, 0.3) is 0 Å². The van der Waals surface area contributed by atoms with Crippen molar-refractivity contribution >= 4 is 27.5 Å². The highest BCUT2D eigenvalue weighted by Gasteiger charge is 2.27. The lowest BCUT2D eigenvalue weighted by Crippen LogP contribution is -2.47. The van der Waals surface area contributed by atoms with Crippen molar-refractivity contribution < 1.29 is 9.53 Å². The van der Waals surface area contributed by atoms with Crippen LogP contribution in [0.2, 0.25) is 0 Å². The van der Waals surface area contributed by atoms with Crippen LogP contribution in [-0.4, -0.2) is 41.6 Å². The van der Waals surface area contributed by atoms with E-state index in [1.807, 2.05) is 18.2 Å². The number of benzene rings is 1. The van der Waals surface area contributed by atoms with E-state index in [1.165, 1.54) is 11.8 Å². The molecule has 1 aliphatic rings. The van der Waals surface area contributed by atoms with E-state index in [1.54, 1.807) is 6.07 Å². The van der Waals surface area contributed by atoms with Gasteiger partial charge in [-0.25, -0.2) is 0 Å². The van der Waals surface area contributed by atoms with Gasteiger partial charge in [0, 0.05) is 30.3 Å². The Hall–Kier alpha value is -1.96. The first-order valence-corrected chi connectivity index (χ1v) is 8.48. The third kappa shape index (κ3) is 4.31. The summed E-state index contributed by atoms with van der Waals surface area (Å²) in [7, 11) is 0. The first-order chi connectivity index (χ1) is 11.6. The number of nitrogens with zero attached hydrogens (tertiary/aromatic N) is 1. The largest absolute Gasteiger partial charge is 0.366 e. The Labute approximate surface area is 148 Å². The molecule has 2 N–H and O–H groups in total. The minimum atomic E-state index is -0.596. The minimum Gasteiger partial charge on any atom is -0.366 e. The van der Waals surface area contributed by atoms with Crippen molar-refractivity contribution in [1.82, 2.24) is 9.88 Å². The number of H-pyrrole nitrogens is 1. The number of morpholine rings is 1. The first kappa shape index (κ1) is 16.9. The van der Waals surface area contributed by atoms with Crippen LogP contribution in [0.5, 0.6) is 0 Å². The zero-order valence-corrected chi connectivity index (χ0v) is 14.6. The zero-order chi connectivity index (χ0) is 16.9. The molecule has 2 aromatic rings. The highest BCUT2D eigenvalue weighted by atomic mass is 79.9. The summed E-state index contributed by atoms with van der Waals surface area (Å²) in [5.74, 6) is -0.309. The van der Waals surface area contributed by atoms with E-state index in [-0.39, 0.29) is 17.2 Å². The topological polar surface area (TPSA) is 74.4 Å². The molecule has 7 heteroatoms. The highest BCUT2D eigenvalue weighted by molar-refractivity contribution is 9.10. The van der Waals surface area contributed by atoms with Crippen molar-refractivity contribution in [1.29, 1.82) is 0 Å². The number of halogens is 1. The number of aromatic amines is 1. The average Bonchev–Trinajstić information content (AvgIpc) is 2.59. The van der Waals surface area contributed by atoms with Gasteiger partial charge < -0.3 is 15.0 Å². The van der Waals surface area contributed by atoms with Gasteiger partial charge in [0.15, 0.2) is 0 Å². The molecule has 1 saturated heterocycles. The Morgan fingerprint density at radius 3 is 2.96 bits per heavy atom. The summed E-state index contributed by atoms with van der Waals surface area (Å²) < 4.78 is 6.26. The number of aromatic nitrogens is 1. The highest BCUT2D eigenvalue weighted by Crippen LogP contribution is 2.14. The number of hydrogen-bond acceptors (Lipinski definition) is 4. The summed E-state index contributed by atoms with van der Waals surface area (Å²) >= 11 is 3.27. The number of carbonyl (C=O) groups is 1. The second-order valence-electron chi connectivity index (χ2n) is 5.63. The van der Waals surface area contributed by atoms with Crippen LogP contribution in [-0.2, 0) is 16.1 Å². The molecule has 126 valence electrons. The normalized spacial score (nSPS) is 18.3. The van der Waals surface area contributed by atoms with Crippen LogP contribution in [0.3, 0.4) is 0 Å². The molecule has 0 radical (unpaired) electrons. The molecule has 1 aromatic carbocycles. The van der Waals surface area contributed by atoms with Crippen LogP contribution in [0.15, 0.2) is 51.9 Å². The van der Waals surface area contributed by atoms with E-state index < -0.39 is 6.10 Å². The smallest absolute Gasteiger partial charge is 0.271 e. The van der Waals surface area contributed by atoms with Crippen molar-refractivity contribution in [3.05, 3.63) is 63.0 Å². The van der Waals surface area contributed by atoms with Gasteiger partial charge in [0.25, 0.3) is 11.5 Å². The van der Waals surface area contributed by atoms with Crippen LogP contribution < -0.4 is 10.9 Å². The lowest BCUT2D eigenvalue weighted by molar-refractivity contribution is -0.133. The summed E-state index contributed by atoms with van der Waals surface area (Å²) in [6.07, 6.45) is 0.928. The minimum absolute atomic E-state index is 0.207. The van der Waals surface area contributed by atoms with E-state index in [2.05, 4.69) is 43.3 Å². The number of ether oxygens (including phenoxy) is 1. The summed E-state index contributed by atoms with van der Waals surface area (Å²) in [4.78, 5) is 28.9. The fraction of sp³-hybridized carbons (Fsp3) is 0.294. The molecule has 1 fully saturated rings. The first-order valence-electron chi connectivity index (χ1n) is 7.69. The number of pyridine rings is 1. The monoisotopic (exact) mass is 391 g/mol. The third-order valence-corrected chi connectivity index (χ3v) is 4.28. The molecule has 2 heterocycles. The maximum atomic E-state index is 12.4. The van der Waals surface area contributed by atoms with Crippen molar-refractivity contribution in [3.8, 4) is 0 Å². The Kier molecular flexibility index (Phi) is 5.44. The molecule has 1 aromatic heterocycles. The maximum absolute atomic E-state index is 12.4. The van der Waals surface area contributed by atoms with Crippen molar-refractivity contribution in [2.45, 2.75) is 12.6 Å². The van der Waals surface area contributed by atoms with E-state index in [9.17, 15) is 9.59 Å². The molecule has 1 unspecified atom stereocenters. The third-order valence-electron chi connectivity index (χ3n) is 3.82. The predicted molar refractivity (Wildman–Crippen MR) is 94.9 cm³/mol. The molecule has 1 aliphatic heterocycles. The van der Waals surface area contributed by atoms with Gasteiger partial charge in [-0.1, -0.05) is 30.3 Å². The Morgan fingerprint density at radius 2 is 2.17 bits per heavy atom. The SMILES string of the molecule is O=C(Nc1cc(Br)c[nH]c1=O)C1CN(Cc2ccccc2)CCO1. The standard InChI is InChI=1S/C17H18BrN3O3/c18-13-8-14(16(22)19-9-13)20-17(23)15-11-21(6-7-24-15)10-12-4-2-1-3-5-12/h1-5,8-9,15H,6-7,10-11H2,(H,19,22)(H,20,23). The maximum Gasteiger partial charge on any atom is 0.271 e. The molecule has 0 spiro atoms. The number of carbonyl (C=O) groups excluding carboxylic acids is 1. The number of anilines is 1. The van der Waals surface area contributed by atoms with Crippen LogP contribution in [0, 0.1) is 0 Å². The molecule has 0 bridgehead atoms.